The molecule has 1 heterocycles. The van der Waals surface area contributed by atoms with Crippen LogP contribution in [0.1, 0.15) is 62.8 Å². The molecule has 1 unspecified atom stereocenters. The van der Waals surface area contributed by atoms with E-state index in [2.05, 4.69) is 48.9 Å². The number of nitrogens with one attached hydrogen (secondary N) is 3. The number of para-hydroxylation sites is 2. The van der Waals surface area contributed by atoms with Crippen LogP contribution in [0.2, 0.25) is 0 Å². The molecule has 0 aromatic heterocycles. The fraction of sp³-hybridized carbons (Fsp3) is 0.353. The van der Waals surface area contributed by atoms with Gasteiger partial charge < -0.3 is 26.4 Å². The molecule has 7 heteroatoms. The molecule has 2 amide bonds. The first-order valence-corrected chi connectivity index (χ1v) is 14.3. The van der Waals surface area contributed by atoms with Gasteiger partial charge in [-0.25, -0.2) is 0 Å². The van der Waals surface area contributed by atoms with Crippen LogP contribution in [0, 0.1) is 5.92 Å². The van der Waals surface area contributed by atoms with Gasteiger partial charge >= 0.3 is 0 Å². The molecule has 0 bridgehead atoms. The Hall–Kier alpha value is -3.94. The molecule has 41 heavy (non-hydrogen) atoms. The summed E-state index contributed by atoms with van der Waals surface area (Å²) in [4.78, 5) is 25.9. The van der Waals surface area contributed by atoms with E-state index < -0.39 is 6.04 Å². The van der Waals surface area contributed by atoms with Gasteiger partial charge in [0.05, 0.1) is 11.4 Å². The summed E-state index contributed by atoms with van der Waals surface area (Å²) in [5, 5.41) is 9.37. The molecule has 1 saturated heterocycles. The van der Waals surface area contributed by atoms with E-state index in [0.717, 1.165) is 55.8 Å². The number of nitrogens with two attached hydrogens (primary N) is 1. The molecule has 3 aromatic carbocycles. The van der Waals surface area contributed by atoms with Gasteiger partial charge in [-0.3, -0.25) is 9.59 Å². The number of nitrogen functional groups attached to an aromatic ring is 1. The van der Waals surface area contributed by atoms with Gasteiger partial charge in [-0.05, 0) is 84.2 Å². The Morgan fingerprint density at radius 1 is 0.951 bits per heavy atom. The number of carbonyl (C=O) groups is 2. The molecule has 1 fully saturated rings. The minimum Gasteiger partial charge on any atom is -0.397 e. The third-order valence-corrected chi connectivity index (χ3v) is 7.44. The molecule has 0 spiro atoms. The Morgan fingerprint density at radius 3 is 2.29 bits per heavy atom. The van der Waals surface area contributed by atoms with Crippen LogP contribution in [0.5, 0.6) is 0 Å². The predicted octanol–water partition coefficient (Wildman–Crippen LogP) is 6.30. The first kappa shape index (κ1) is 30.0. The minimum absolute atomic E-state index is 0.0442. The summed E-state index contributed by atoms with van der Waals surface area (Å²) < 4.78 is 5.49. The van der Waals surface area contributed by atoms with Crippen molar-refractivity contribution in [3.8, 4) is 0 Å². The second kappa shape index (κ2) is 14.1. The highest BCUT2D eigenvalue weighted by atomic mass is 16.5. The lowest BCUT2D eigenvalue weighted by atomic mass is 9.87. The summed E-state index contributed by atoms with van der Waals surface area (Å²) in [7, 11) is 0. The molecule has 4 rings (SSSR count). The van der Waals surface area contributed by atoms with Gasteiger partial charge in [-0.2, -0.15) is 0 Å². The number of carbonyl (C=O) groups excluding carboxylic acids is 2. The number of amides is 2. The Morgan fingerprint density at radius 2 is 1.63 bits per heavy atom. The van der Waals surface area contributed by atoms with Gasteiger partial charge in [0.25, 0.3) is 0 Å². The van der Waals surface area contributed by atoms with Crippen molar-refractivity contribution >= 4 is 35.0 Å². The quantitative estimate of drug-likeness (QED) is 0.174. The number of benzene rings is 3. The molecule has 0 saturated carbocycles. The van der Waals surface area contributed by atoms with Crippen LogP contribution in [-0.4, -0.2) is 31.6 Å². The SMILES string of the molecule is CC(C)(C)c1ccc(NC(=O)C(NCCC2CCOCC2)c2ccc(C=CC(=O)Nc3ccccc3N)cc2)cc1. The van der Waals surface area contributed by atoms with Crippen LogP contribution < -0.4 is 21.7 Å². The summed E-state index contributed by atoms with van der Waals surface area (Å²) in [6, 6.07) is 22.3. The first-order chi connectivity index (χ1) is 19.7. The number of hydrogen-bond donors (Lipinski definition) is 4. The van der Waals surface area contributed by atoms with Gasteiger partial charge in [0.15, 0.2) is 0 Å². The zero-order valence-corrected chi connectivity index (χ0v) is 24.3. The van der Waals surface area contributed by atoms with Crippen molar-refractivity contribution in [2.45, 2.75) is 51.5 Å². The molecule has 5 N–H and O–H groups in total. The Kier molecular flexibility index (Phi) is 10.3. The molecule has 3 aromatic rings. The summed E-state index contributed by atoms with van der Waals surface area (Å²) in [6.45, 7) is 8.86. The van der Waals surface area contributed by atoms with Gasteiger partial charge in [-0.15, -0.1) is 0 Å². The summed E-state index contributed by atoms with van der Waals surface area (Å²) >= 11 is 0. The summed E-state index contributed by atoms with van der Waals surface area (Å²) in [6.07, 6.45) is 6.32. The van der Waals surface area contributed by atoms with E-state index >= 15 is 0 Å². The topological polar surface area (TPSA) is 105 Å². The van der Waals surface area contributed by atoms with E-state index in [0.29, 0.717) is 17.3 Å². The molecule has 0 radical (unpaired) electrons. The summed E-state index contributed by atoms with van der Waals surface area (Å²) in [5.74, 6) is 0.231. The Bertz CT molecular complexity index is 1320. The average molecular weight is 555 g/mol. The molecule has 1 aliphatic rings. The van der Waals surface area contributed by atoms with Crippen molar-refractivity contribution in [3.63, 3.8) is 0 Å². The number of hydrogen-bond acceptors (Lipinski definition) is 5. The van der Waals surface area contributed by atoms with E-state index in [1.165, 1.54) is 11.6 Å². The van der Waals surface area contributed by atoms with Crippen molar-refractivity contribution in [3.05, 3.63) is 95.6 Å². The van der Waals surface area contributed by atoms with Gasteiger partial charge in [-0.1, -0.05) is 69.3 Å². The van der Waals surface area contributed by atoms with Crippen LogP contribution in [0.25, 0.3) is 6.08 Å². The molecule has 1 atom stereocenters. The van der Waals surface area contributed by atoms with E-state index in [1.807, 2.05) is 48.5 Å². The lowest BCUT2D eigenvalue weighted by Crippen LogP contribution is -2.34. The highest BCUT2D eigenvalue weighted by molar-refractivity contribution is 6.03. The standard InChI is InChI=1S/C34H42N4O3/c1-34(2,3)27-13-15-28(16-14-27)37-33(40)32(36-21-18-25-19-22-41-23-20-25)26-11-8-24(9-12-26)10-17-31(39)38-30-7-5-4-6-29(30)35/h4-17,25,32,36H,18-23,35H2,1-3H3,(H,37,40)(H,38,39). The maximum Gasteiger partial charge on any atom is 0.248 e. The Labute approximate surface area is 243 Å². The van der Waals surface area contributed by atoms with Crippen molar-refractivity contribution in [2.75, 3.05) is 36.1 Å². The Balaban J connectivity index is 1.43. The first-order valence-electron chi connectivity index (χ1n) is 14.3. The maximum absolute atomic E-state index is 13.5. The van der Waals surface area contributed by atoms with E-state index in [9.17, 15) is 9.59 Å². The normalized spacial score (nSPS) is 15.0. The average Bonchev–Trinajstić information content (AvgIpc) is 2.96. The highest BCUT2D eigenvalue weighted by Crippen LogP contribution is 2.25. The molecule has 0 aliphatic carbocycles. The molecular formula is C34H42N4O3. The molecule has 216 valence electrons. The molecular weight excluding hydrogens is 512 g/mol. The zero-order valence-electron chi connectivity index (χ0n) is 24.3. The van der Waals surface area contributed by atoms with Crippen LogP contribution in [-0.2, 0) is 19.7 Å². The molecule has 7 nitrogen and oxygen atoms in total. The number of rotatable bonds is 10. The van der Waals surface area contributed by atoms with Crippen LogP contribution in [0.3, 0.4) is 0 Å². The van der Waals surface area contributed by atoms with Gasteiger partial charge in [0.1, 0.15) is 6.04 Å². The number of ether oxygens (including phenoxy) is 1. The van der Waals surface area contributed by atoms with Crippen molar-refractivity contribution in [1.29, 1.82) is 0 Å². The largest absolute Gasteiger partial charge is 0.397 e. The third kappa shape index (κ3) is 9.03. The van der Waals surface area contributed by atoms with Crippen LogP contribution in [0.4, 0.5) is 17.1 Å². The van der Waals surface area contributed by atoms with Crippen molar-refractivity contribution in [1.82, 2.24) is 5.32 Å². The molecule has 1 aliphatic heterocycles. The maximum atomic E-state index is 13.5. The lowest BCUT2D eigenvalue weighted by Gasteiger charge is -2.24. The van der Waals surface area contributed by atoms with E-state index in [4.69, 9.17) is 10.5 Å². The lowest BCUT2D eigenvalue weighted by molar-refractivity contribution is -0.118. The monoisotopic (exact) mass is 554 g/mol. The third-order valence-electron chi connectivity index (χ3n) is 7.44. The fourth-order valence-corrected chi connectivity index (χ4v) is 4.85. The van der Waals surface area contributed by atoms with Gasteiger partial charge in [0, 0.05) is 25.0 Å². The van der Waals surface area contributed by atoms with Crippen molar-refractivity contribution in [2.24, 2.45) is 5.92 Å². The van der Waals surface area contributed by atoms with Gasteiger partial charge in [0.2, 0.25) is 11.8 Å². The second-order valence-electron chi connectivity index (χ2n) is 11.6. The van der Waals surface area contributed by atoms with E-state index in [-0.39, 0.29) is 17.2 Å². The predicted molar refractivity (Wildman–Crippen MR) is 168 cm³/mol. The van der Waals surface area contributed by atoms with Crippen LogP contribution in [0.15, 0.2) is 78.9 Å². The zero-order chi connectivity index (χ0) is 29.2. The van der Waals surface area contributed by atoms with E-state index in [1.54, 1.807) is 18.2 Å². The number of anilines is 3. The highest BCUT2D eigenvalue weighted by Gasteiger charge is 2.22. The minimum atomic E-state index is -0.514. The van der Waals surface area contributed by atoms with Crippen LogP contribution >= 0.6 is 0 Å². The second-order valence-corrected chi connectivity index (χ2v) is 11.6. The fourth-order valence-electron chi connectivity index (χ4n) is 4.85. The summed E-state index contributed by atoms with van der Waals surface area (Å²) in [5.41, 5.74) is 10.7. The van der Waals surface area contributed by atoms with Crippen molar-refractivity contribution < 1.29 is 14.3 Å². The smallest absolute Gasteiger partial charge is 0.248 e.